The van der Waals surface area contributed by atoms with Crippen molar-refractivity contribution >= 4 is 5.91 Å². The van der Waals surface area contributed by atoms with Crippen LogP contribution in [0.25, 0.3) is 0 Å². The third-order valence-electron chi connectivity index (χ3n) is 10.2. The third-order valence-corrected chi connectivity index (χ3v) is 10.2. The molecule has 0 aliphatic carbocycles. The van der Waals surface area contributed by atoms with Gasteiger partial charge in [0.1, 0.15) is 19.0 Å². The number of hydrogen-bond acceptors (Lipinski definition) is 10. The van der Waals surface area contributed by atoms with E-state index in [-0.39, 0.29) is 44.9 Å². The molecule has 11 heteroatoms. The maximum Gasteiger partial charge on any atom is 0.256 e. The summed E-state index contributed by atoms with van der Waals surface area (Å²) in [6.07, 6.45) is -4.88. The number of aliphatic hydroxyl groups is 1. The minimum atomic E-state index is -1.43. The molecule has 0 spiro atoms. The molecule has 10 atom stereocenters. The molecule has 49 heavy (non-hydrogen) atoms. The maximum atomic E-state index is 14.3. The molecule has 3 aliphatic rings. The zero-order valence-corrected chi connectivity index (χ0v) is 29.5. The first kappa shape index (κ1) is 37.5. The lowest BCUT2D eigenvalue weighted by molar-refractivity contribution is -0.333. The van der Waals surface area contributed by atoms with Crippen LogP contribution in [0.2, 0.25) is 0 Å². The van der Waals surface area contributed by atoms with Gasteiger partial charge in [-0.2, -0.15) is 0 Å². The number of aliphatic hydroxyl groups excluding tert-OH is 1. The van der Waals surface area contributed by atoms with E-state index in [9.17, 15) is 9.90 Å². The Hall–Kier alpha value is -2.71. The van der Waals surface area contributed by atoms with E-state index in [2.05, 4.69) is 11.9 Å². The van der Waals surface area contributed by atoms with Gasteiger partial charge in [0.2, 0.25) is 5.79 Å². The molecule has 3 fully saturated rings. The third kappa shape index (κ3) is 8.61. The van der Waals surface area contributed by atoms with Gasteiger partial charge in [-0.3, -0.25) is 4.79 Å². The molecule has 5 rings (SSSR count). The fraction of sp³-hybridized carbons (Fsp3) is 0.605. The molecule has 0 radical (unpaired) electrons. The molecule has 2 N–H and O–H groups in total. The first-order valence-electron chi connectivity index (χ1n) is 17.1. The number of fused-ring (bicyclic) bond motifs is 1. The lowest BCUT2D eigenvalue weighted by Crippen LogP contribution is -2.69. The summed E-state index contributed by atoms with van der Waals surface area (Å²) in [5, 5.41) is 14.1. The Kier molecular flexibility index (Phi) is 12.7. The van der Waals surface area contributed by atoms with Crippen molar-refractivity contribution in [1.29, 1.82) is 0 Å². The lowest BCUT2D eigenvalue weighted by Gasteiger charge is -2.54. The average Bonchev–Trinajstić information content (AvgIpc) is 3.08. The van der Waals surface area contributed by atoms with Crippen LogP contribution >= 0.6 is 0 Å². The minimum Gasteiger partial charge on any atom is -0.391 e. The number of carbonyl (C=O) groups is 1. The van der Waals surface area contributed by atoms with Crippen LogP contribution in [0.5, 0.6) is 0 Å². The molecule has 0 unspecified atom stereocenters. The van der Waals surface area contributed by atoms with Crippen molar-refractivity contribution in [3.05, 3.63) is 83.9 Å². The SMILES string of the molecule is C=C1C[C@](OC)([C@H](OCc2ccccc2)C(=O)N[C@H]2OCO[C@H]3[C@@H]2O[C@H](C[C@@H](O)COCc2ccccc2)C(C)(C)[C@@H]3OC)O[C@H](C)[C@@H]1C. The Morgan fingerprint density at radius 1 is 1.00 bits per heavy atom. The summed E-state index contributed by atoms with van der Waals surface area (Å²) in [5.41, 5.74) is 2.25. The molecular formula is C38H53NO10. The summed E-state index contributed by atoms with van der Waals surface area (Å²) in [6, 6.07) is 19.4. The number of ether oxygens (including phenoxy) is 8. The van der Waals surface area contributed by atoms with Gasteiger partial charge in [-0.15, -0.1) is 0 Å². The molecule has 11 nitrogen and oxygen atoms in total. The molecule has 2 aromatic carbocycles. The van der Waals surface area contributed by atoms with Crippen LogP contribution < -0.4 is 5.32 Å². The van der Waals surface area contributed by atoms with Gasteiger partial charge in [-0.25, -0.2) is 0 Å². The first-order chi connectivity index (χ1) is 23.5. The first-order valence-corrected chi connectivity index (χ1v) is 17.1. The van der Waals surface area contributed by atoms with E-state index >= 15 is 0 Å². The Balaban J connectivity index is 1.33. The van der Waals surface area contributed by atoms with Crippen LogP contribution in [-0.2, 0) is 55.9 Å². The van der Waals surface area contributed by atoms with E-state index in [0.29, 0.717) is 6.61 Å². The maximum absolute atomic E-state index is 14.3. The highest BCUT2D eigenvalue weighted by molar-refractivity contribution is 5.82. The molecule has 3 saturated heterocycles. The van der Waals surface area contributed by atoms with Crippen LogP contribution in [0.3, 0.4) is 0 Å². The molecule has 270 valence electrons. The Morgan fingerprint density at radius 2 is 1.65 bits per heavy atom. The second-order valence-electron chi connectivity index (χ2n) is 13.9. The van der Waals surface area contributed by atoms with Crippen LogP contribution in [0.4, 0.5) is 0 Å². The Bertz CT molecular complexity index is 1360. The van der Waals surface area contributed by atoms with Crippen molar-refractivity contribution in [3.63, 3.8) is 0 Å². The minimum absolute atomic E-state index is 0.0710. The number of hydrogen-bond donors (Lipinski definition) is 2. The highest BCUT2D eigenvalue weighted by Crippen LogP contribution is 2.44. The predicted octanol–water partition coefficient (Wildman–Crippen LogP) is 4.51. The molecule has 3 heterocycles. The van der Waals surface area contributed by atoms with Crippen LogP contribution in [0, 0.1) is 11.3 Å². The molecular weight excluding hydrogens is 630 g/mol. The van der Waals surface area contributed by atoms with Gasteiger partial charge in [-0.05, 0) is 18.1 Å². The summed E-state index contributed by atoms with van der Waals surface area (Å²) in [5.74, 6) is -1.85. The Morgan fingerprint density at radius 3 is 2.27 bits per heavy atom. The molecule has 0 saturated carbocycles. The summed E-state index contributed by atoms with van der Waals surface area (Å²) < 4.78 is 49.3. The van der Waals surface area contributed by atoms with Gasteiger partial charge in [0.15, 0.2) is 12.3 Å². The molecule has 1 amide bonds. The zero-order valence-electron chi connectivity index (χ0n) is 29.5. The van der Waals surface area contributed by atoms with Crippen molar-refractivity contribution in [3.8, 4) is 0 Å². The topological polar surface area (TPSA) is 123 Å². The highest BCUT2D eigenvalue weighted by atomic mass is 16.7. The monoisotopic (exact) mass is 683 g/mol. The fourth-order valence-electron chi connectivity index (χ4n) is 7.08. The van der Waals surface area contributed by atoms with E-state index in [1.807, 2.05) is 88.4 Å². The molecule has 3 aliphatic heterocycles. The standard InChI is InChI=1S/C38H53NO10/c1-24-19-38(43-7,49-26(3)25(24)2)34(45-21-28-16-12-9-13-17-28)35(41)39-36-32-31(46-23-47-36)33(42-6)37(4,5)30(48-32)18-29(40)22-44-20-27-14-10-8-11-15-27/h8-17,25-26,29-34,36,40H,1,18-23H2,2-7H3,(H,39,41)/t25-,26-,29-,30-,31+,32+,33-,34-,36+,38-/m1/s1. The highest BCUT2D eigenvalue weighted by Gasteiger charge is 2.57. The molecule has 2 aromatic rings. The second kappa shape index (κ2) is 16.5. The largest absolute Gasteiger partial charge is 0.391 e. The number of carbonyl (C=O) groups excluding carboxylic acids is 1. The van der Waals surface area contributed by atoms with Crippen molar-refractivity contribution < 1.29 is 47.8 Å². The number of rotatable bonds is 14. The van der Waals surface area contributed by atoms with Gasteiger partial charge in [-0.1, -0.05) is 93.6 Å². The van der Waals surface area contributed by atoms with E-state index < -0.39 is 60.0 Å². The lowest BCUT2D eigenvalue weighted by atomic mass is 9.72. The summed E-state index contributed by atoms with van der Waals surface area (Å²) in [4.78, 5) is 14.3. The average molecular weight is 684 g/mol. The van der Waals surface area contributed by atoms with Crippen LogP contribution in [0.15, 0.2) is 72.8 Å². The predicted molar refractivity (Wildman–Crippen MR) is 181 cm³/mol. The normalized spacial score (nSPS) is 32.6. The number of amides is 1. The van der Waals surface area contributed by atoms with E-state index in [1.54, 1.807) is 7.11 Å². The smallest absolute Gasteiger partial charge is 0.256 e. The molecule has 0 bridgehead atoms. The van der Waals surface area contributed by atoms with Crippen molar-refractivity contribution in [2.75, 3.05) is 27.6 Å². The van der Waals surface area contributed by atoms with E-state index in [4.69, 9.17) is 37.9 Å². The Labute approximate surface area is 290 Å². The van der Waals surface area contributed by atoms with Gasteiger partial charge < -0.3 is 48.3 Å². The van der Waals surface area contributed by atoms with Crippen LogP contribution in [-0.4, -0.2) is 93.4 Å². The van der Waals surface area contributed by atoms with E-state index in [0.717, 1.165) is 16.7 Å². The van der Waals surface area contributed by atoms with Crippen molar-refractivity contribution in [2.24, 2.45) is 11.3 Å². The van der Waals surface area contributed by atoms with Gasteiger partial charge in [0, 0.05) is 38.4 Å². The fourth-order valence-corrected chi connectivity index (χ4v) is 7.08. The molecule has 0 aromatic heterocycles. The number of benzene rings is 2. The summed E-state index contributed by atoms with van der Waals surface area (Å²) in [6.45, 7) is 12.9. The van der Waals surface area contributed by atoms with Crippen molar-refractivity contribution in [1.82, 2.24) is 5.32 Å². The van der Waals surface area contributed by atoms with E-state index in [1.165, 1.54) is 7.11 Å². The summed E-state index contributed by atoms with van der Waals surface area (Å²) in [7, 11) is 3.14. The number of nitrogens with one attached hydrogen (secondary N) is 1. The quantitative estimate of drug-likeness (QED) is 0.275. The van der Waals surface area contributed by atoms with Gasteiger partial charge in [0.25, 0.3) is 5.91 Å². The van der Waals surface area contributed by atoms with Crippen molar-refractivity contribution in [2.45, 2.75) is 108 Å². The summed E-state index contributed by atoms with van der Waals surface area (Å²) >= 11 is 0. The second-order valence-corrected chi connectivity index (χ2v) is 13.9. The van der Waals surface area contributed by atoms with Gasteiger partial charge >= 0.3 is 0 Å². The van der Waals surface area contributed by atoms with Gasteiger partial charge in [0.05, 0.1) is 44.2 Å². The zero-order chi connectivity index (χ0) is 35.2. The van der Waals surface area contributed by atoms with Crippen LogP contribution in [0.1, 0.15) is 51.7 Å². The number of methoxy groups -OCH3 is 2.